The molecule has 0 fully saturated rings. The normalized spacial score (nSPS) is 16.1. The van der Waals surface area contributed by atoms with Gasteiger partial charge in [-0.15, -0.1) is 0 Å². The van der Waals surface area contributed by atoms with Gasteiger partial charge in [-0.25, -0.2) is 0 Å². The average molecular weight is 1090 g/mol. The molecule has 5 aromatic carbocycles. The summed E-state index contributed by atoms with van der Waals surface area (Å²) in [6.45, 7) is 7.11. The summed E-state index contributed by atoms with van der Waals surface area (Å²) in [5, 5.41) is 18.2. The van der Waals surface area contributed by atoms with E-state index in [0.717, 1.165) is 33.6 Å². The number of amides is 5. The number of para-hydroxylation sites is 2. The molecule has 20 nitrogen and oxygen atoms in total. The first kappa shape index (κ1) is 55.7. The third-order valence-electron chi connectivity index (χ3n) is 14.3. The molecule has 80 heavy (non-hydrogen) atoms. The highest BCUT2D eigenvalue weighted by atomic mass is 16.5. The summed E-state index contributed by atoms with van der Waals surface area (Å²) in [6.07, 6.45) is 5.80. The van der Waals surface area contributed by atoms with Gasteiger partial charge in [-0.1, -0.05) is 50.2 Å². The van der Waals surface area contributed by atoms with Gasteiger partial charge in [-0.2, -0.15) is 0 Å². The maximum atomic E-state index is 14.1. The Balaban J connectivity index is 0.891. The van der Waals surface area contributed by atoms with Gasteiger partial charge in [0.05, 0.1) is 54.8 Å². The largest absolute Gasteiger partial charge is 0.494 e. The smallest absolute Gasteiger partial charge is 0.261 e. The number of nitrogens with zero attached hydrogens (tertiary/aromatic N) is 4. The fourth-order valence-electron chi connectivity index (χ4n) is 10.3. The lowest BCUT2D eigenvalue weighted by atomic mass is 10.0. The fourth-order valence-corrected chi connectivity index (χ4v) is 10.3. The highest BCUT2D eigenvalue weighted by Crippen LogP contribution is 2.42. The number of ketones is 1. The Morgan fingerprint density at radius 3 is 1.90 bits per heavy atom. The molecule has 0 bridgehead atoms. The molecule has 0 saturated carbocycles. The van der Waals surface area contributed by atoms with Gasteiger partial charge in [0.1, 0.15) is 42.6 Å². The molecule has 7 N–H and O–H groups in total. The zero-order valence-electron chi connectivity index (χ0n) is 45.4. The van der Waals surface area contributed by atoms with Crippen LogP contribution in [0, 0.1) is 18.3 Å². The Kier molecular flexibility index (Phi) is 17.2. The van der Waals surface area contributed by atoms with E-state index in [1.165, 1.54) is 14.0 Å². The monoisotopic (exact) mass is 1090 g/mol. The minimum absolute atomic E-state index is 0.0102. The Morgan fingerprint density at radius 2 is 1.31 bits per heavy atom. The van der Waals surface area contributed by atoms with Crippen LogP contribution in [-0.4, -0.2) is 105 Å². The number of anilines is 2. The number of fused-ring (bicyclic) bond motifs is 8. The van der Waals surface area contributed by atoms with E-state index in [0.29, 0.717) is 70.3 Å². The van der Waals surface area contributed by atoms with Crippen LogP contribution in [0.1, 0.15) is 95.0 Å². The number of carbonyl (C=O) groups excluding carboxylic acids is 6. The van der Waals surface area contributed by atoms with Gasteiger partial charge in [0.25, 0.3) is 11.8 Å². The summed E-state index contributed by atoms with van der Waals surface area (Å²) >= 11 is 0. The van der Waals surface area contributed by atoms with E-state index in [1.807, 2.05) is 90.8 Å². The molecule has 0 unspecified atom stereocenters. The SMILES string of the molecule is COc1cc2c(cc1OCc1cc(COc3cc4c(cc3C)C(=O)N3c5ccccc5C[C@H]3C=N4)cc(OCCCC(=O)N[C@H](C(=O)N[C@@H](CCCNC(=N)N)C(=O)NCC(C)=O)C(C)C)c1)N=C[C@@H]1Cc3ccccc3N1C2=O. The van der Waals surface area contributed by atoms with Crippen molar-refractivity contribution in [2.75, 3.05) is 36.6 Å². The van der Waals surface area contributed by atoms with Crippen molar-refractivity contribution in [2.45, 2.75) is 104 Å². The number of benzene rings is 5. The fraction of sp³-hybridized carbons (Fsp3) is 0.350. The standard InChI is InChI=1S/C60H66N10O10/c1-34(2)55(57(74)67-46(14-10-18-63-60(61)62)56(73)66-29-36(4)71)68-54(72)17-11-19-78-43-22-37(32-79-51-27-47-44(20-35(51)3)58(75)69-41(30-64-47)24-39-12-6-8-15-49(39)69)21-38(23-43)33-80-53-28-48-45(26-52(53)77-5)59(76)70-42(31-65-48)25-40-13-7-9-16-50(40)70/h6-9,12-13,15-16,20-23,26-28,30-31,34,41-42,46,55H,10-11,14,17-19,24-25,29,32-33H2,1-5H3,(H,66,73)(H,67,74)(H,68,72)(H4,61,62,63)/t41-,42-,46-,55-/m0/s1. The molecule has 5 aromatic rings. The quantitative estimate of drug-likeness (QED) is 0.0233. The first-order chi connectivity index (χ1) is 38.5. The highest BCUT2D eigenvalue weighted by molar-refractivity contribution is 6.16. The summed E-state index contributed by atoms with van der Waals surface area (Å²) in [4.78, 5) is 93.0. The summed E-state index contributed by atoms with van der Waals surface area (Å²) in [7, 11) is 1.51. The van der Waals surface area contributed by atoms with Crippen LogP contribution in [0.5, 0.6) is 23.0 Å². The van der Waals surface area contributed by atoms with Crippen molar-refractivity contribution in [1.82, 2.24) is 21.3 Å². The van der Waals surface area contributed by atoms with Crippen molar-refractivity contribution >= 4 is 76.5 Å². The number of aliphatic imine (C=N–C) groups is 2. The van der Waals surface area contributed by atoms with Gasteiger partial charge >= 0.3 is 0 Å². The number of guanidine groups is 1. The third kappa shape index (κ3) is 12.8. The van der Waals surface area contributed by atoms with Crippen molar-refractivity contribution in [3.8, 4) is 23.0 Å². The molecule has 0 aromatic heterocycles. The number of carbonyl (C=O) groups is 6. The number of hydrogen-bond donors (Lipinski definition) is 6. The van der Waals surface area contributed by atoms with Gasteiger partial charge < -0.3 is 45.9 Å². The van der Waals surface area contributed by atoms with Crippen molar-refractivity contribution in [1.29, 1.82) is 5.41 Å². The molecule has 0 radical (unpaired) electrons. The van der Waals surface area contributed by atoms with Crippen LogP contribution < -0.4 is 55.7 Å². The number of hydrogen-bond acceptors (Lipinski definition) is 13. The molecule has 9 rings (SSSR count). The second-order valence-corrected chi connectivity index (χ2v) is 20.6. The van der Waals surface area contributed by atoms with E-state index in [-0.39, 0.29) is 93.7 Å². The number of methoxy groups -OCH3 is 1. The summed E-state index contributed by atoms with van der Waals surface area (Å²) < 4.78 is 25.0. The van der Waals surface area contributed by atoms with Gasteiger partial charge in [0.2, 0.25) is 17.7 Å². The number of aryl methyl sites for hydroxylation is 1. The number of Topliss-reactive ketones (excluding diaryl/α,β-unsaturated/α-hetero) is 1. The van der Waals surface area contributed by atoms with Crippen LogP contribution in [0.4, 0.5) is 22.7 Å². The second-order valence-electron chi connectivity index (χ2n) is 20.6. The molecule has 4 aliphatic heterocycles. The Morgan fingerprint density at radius 1 is 0.725 bits per heavy atom. The van der Waals surface area contributed by atoms with E-state index < -0.39 is 29.8 Å². The van der Waals surface area contributed by atoms with E-state index >= 15 is 0 Å². The van der Waals surface area contributed by atoms with Crippen LogP contribution >= 0.6 is 0 Å². The molecule has 4 heterocycles. The molecular weight excluding hydrogens is 1020 g/mol. The van der Waals surface area contributed by atoms with Crippen LogP contribution in [0.15, 0.2) is 101 Å². The van der Waals surface area contributed by atoms with E-state index in [1.54, 1.807) is 43.2 Å². The first-order valence-electron chi connectivity index (χ1n) is 26.8. The Labute approximate surface area is 464 Å². The van der Waals surface area contributed by atoms with Crippen LogP contribution in [0.3, 0.4) is 0 Å². The summed E-state index contributed by atoms with van der Waals surface area (Å²) in [5.74, 6) is -0.931. The minimum Gasteiger partial charge on any atom is -0.494 e. The van der Waals surface area contributed by atoms with E-state index in [9.17, 15) is 28.8 Å². The zero-order valence-corrected chi connectivity index (χ0v) is 45.4. The molecule has 5 amide bonds. The van der Waals surface area contributed by atoms with Crippen molar-refractivity contribution in [2.24, 2.45) is 21.6 Å². The number of rotatable bonds is 23. The predicted molar refractivity (Wildman–Crippen MR) is 303 cm³/mol. The highest BCUT2D eigenvalue weighted by Gasteiger charge is 2.38. The maximum Gasteiger partial charge on any atom is 0.261 e. The molecule has 0 saturated heterocycles. The van der Waals surface area contributed by atoms with Gasteiger partial charge in [0, 0.05) is 61.7 Å². The molecule has 416 valence electrons. The average Bonchev–Trinajstić information content (AvgIpc) is 3.96. The van der Waals surface area contributed by atoms with Crippen LogP contribution in [0.25, 0.3) is 0 Å². The zero-order chi connectivity index (χ0) is 56.6. The van der Waals surface area contributed by atoms with Crippen molar-refractivity contribution in [3.05, 3.63) is 130 Å². The topological polar surface area (TPSA) is 269 Å². The number of nitrogens with one attached hydrogen (secondary N) is 5. The van der Waals surface area contributed by atoms with Crippen LogP contribution in [-0.2, 0) is 45.2 Å². The molecule has 0 spiro atoms. The van der Waals surface area contributed by atoms with E-state index in [2.05, 4.69) is 21.3 Å². The van der Waals surface area contributed by atoms with Gasteiger partial charge in [-0.3, -0.25) is 54.0 Å². The lowest BCUT2D eigenvalue weighted by Crippen LogP contribution is -2.55. The lowest BCUT2D eigenvalue weighted by Gasteiger charge is -2.25. The summed E-state index contributed by atoms with van der Waals surface area (Å²) in [5.41, 5.74) is 13.3. The lowest BCUT2D eigenvalue weighted by molar-refractivity contribution is -0.133. The molecule has 20 heteroatoms. The molecule has 0 aliphatic carbocycles. The van der Waals surface area contributed by atoms with Gasteiger partial charge in [0.15, 0.2) is 17.5 Å². The number of ether oxygens (including phenoxy) is 4. The van der Waals surface area contributed by atoms with E-state index in [4.69, 9.17) is 40.1 Å². The Hall–Kier alpha value is -9.07. The van der Waals surface area contributed by atoms with Crippen LogP contribution in [0.2, 0.25) is 0 Å². The van der Waals surface area contributed by atoms with Crippen molar-refractivity contribution < 1.29 is 47.7 Å². The Bertz CT molecular complexity index is 3300. The number of nitrogens with two attached hydrogens (primary N) is 1. The molecular formula is C60H66N10O10. The second kappa shape index (κ2) is 24.7. The maximum absolute atomic E-state index is 14.1. The minimum atomic E-state index is -1.01. The molecule has 4 aliphatic rings. The van der Waals surface area contributed by atoms with Crippen molar-refractivity contribution in [3.63, 3.8) is 0 Å². The summed E-state index contributed by atoms with van der Waals surface area (Å²) in [6, 6.07) is 25.9. The first-order valence-corrected chi connectivity index (χ1v) is 26.8. The predicted octanol–water partition coefficient (Wildman–Crippen LogP) is 6.49. The third-order valence-corrected chi connectivity index (χ3v) is 14.3. The van der Waals surface area contributed by atoms with Gasteiger partial charge in [-0.05, 0) is 109 Å². The molecule has 4 atom stereocenters.